The molecule has 120 valence electrons. The second kappa shape index (κ2) is 4.52. The van der Waals surface area contributed by atoms with Gasteiger partial charge in [-0.1, -0.05) is 13.8 Å². The predicted octanol–water partition coefficient (Wildman–Crippen LogP) is 3.35. The molecule has 0 bridgehead atoms. The van der Waals surface area contributed by atoms with Crippen molar-refractivity contribution in [3.05, 3.63) is 0 Å². The normalized spacial score (nSPS) is 51.3. The van der Waals surface area contributed by atoms with Crippen LogP contribution in [0.1, 0.15) is 65.2 Å². The lowest BCUT2D eigenvalue weighted by Crippen LogP contribution is -2.56. The summed E-state index contributed by atoms with van der Waals surface area (Å²) in [4.78, 5) is 37.0. The number of Topliss-reactive ketones (excluding diaryl/α,β-unsaturated/α-hetero) is 3. The maximum atomic E-state index is 12.8. The summed E-state index contributed by atoms with van der Waals surface area (Å²) in [5.41, 5.74) is -0.171. The Bertz CT molecular complexity index is 565. The average Bonchev–Trinajstić information content (AvgIpc) is 2.77. The number of rotatable bonds is 0. The second-order valence-corrected chi connectivity index (χ2v) is 8.77. The highest BCUT2D eigenvalue weighted by molar-refractivity contribution is 5.91. The number of hydrogen-bond donors (Lipinski definition) is 0. The summed E-state index contributed by atoms with van der Waals surface area (Å²) in [6.07, 6.45) is 6.34. The van der Waals surface area contributed by atoms with Crippen LogP contribution in [0.15, 0.2) is 0 Å². The van der Waals surface area contributed by atoms with E-state index in [2.05, 4.69) is 13.8 Å². The summed E-state index contributed by atoms with van der Waals surface area (Å²) in [6, 6.07) is 0. The largest absolute Gasteiger partial charge is 0.300 e. The van der Waals surface area contributed by atoms with E-state index < -0.39 is 0 Å². The van der Waals surface area contributed by atoms with Gasteiger partial charge in [0.25, 0.3) is 0 Å². The Morgan fingerprint density at radius 1 is 0.909 bits per heavy atom. The van der Waals surface area contributed by atoms with Gasteiger partial charge in [-0.25, -0.2) is 0 Å². The molecule has 4 fully saturated rings. The van der Waals surface area contributed by atoms with E-state index in [-0.39, 0.29) is 22.5 Å². The molecule has 4 aliphatic carbocycles. The van der Waals surface area contributed by atoms with Crippen LogP contribution in [0.25, 0.3) is 0 Å². The van der Waals surface area contributed by atoms with E-state index in [1.807, 2.05) is 0 Å². The molecule has 6 atom stereocenters. The third-order valence-electron chi connectivity index (χ3n) is 7.99. The first-order valence-electron chi connectivity index (χ1n) is 8.94. The van der Waals surface area contributed by atoms with Crippen LogP contribution in [0.5, 0.6) is 0 Å². The molecule has 0 aromatic heterocycles. The number of fused-ring (bicyclic) bond motifs is 5. The second-order valence-electron chi connectivity index (χ2n) is 8.77. The van der Waals surface area contributed by atoms with Gasteiger partial charge in [0.2, 0.25) is 0 Å². The van der Waals surface area contributed by atoms with Crippen LogP contribution in [-0.4, -0.2) is 17.3 Å². The minimum atomic E-state index is -0.171. The summed E-state index contributed by atoms with van der Waals surface area (Å²) in [6.45, 7) is 4.41. The zero-order chi connectivity index (χ0) is 15.7. The van der Waals surface area contributed by atoms with E-state index in [0.29, 0.717) is 55.0 Å². The van der Waals surface area contributed by atoms with Crippen molar-refractivity contribution in [1.82, 2.24) is 0 Å². The fourth-order valence-corrected chi connectivity index (χ4v) is 6.61. The van der Waals surface area contributed by atoms with E-state index in [1.165, 1.54) is 0 Å². The van der Waals surface area contributed by atoms with Crippen molar-refractivity contribution in [3.8, 4) is 0 Å². The summed E-state index contributed by atoms with van der Waals surface area (Å²) >= 11 is 0. The molecule has 3 heteroatoms. The topological polar surface area (TPSA) is 51.2 Å². The molecular formula is C19H26O3. The van der Waals surface area contributed by atoms with Crippen molar-refractivity contribution in [3.63, 3.8) is 0 Å². The van der Waals surface area contributed by atoms with Gasteiger partial charge < -0.3 is 0 Å². The molecule has 4 aliphatic rings. The maximum absolute atomic E-state index is 12.8. The lowest BCUT2D eigenvalue weighted by atomic mass is 9.45. The maximum Gasteiger partial charge on any atom is 0.139 e. The fourth-order valence-electron chi connectivity index (χ4n) is 6.61. The molecule has 0 aromatic carbocycles. The van der Waals surface area contributed by atoms with Gasteiger partial charge >= 0.3 is 0 Å². The molecule has 0 radical (unpaired) electrons. The fraction of sp³-hybridized carbons (Fsp3) is 0.842. The van der Waals surface area contributed by atoms with Gasteiger partial charge in [-0.15, -0.1) is 0 Å². The van der Waals surface area contributed by atoms with Gasteiger partial charge in [0, 0.05) is 37.0 Å². The highest BCUT2D eigenvalue weighted by atomic mass is 16.1. The molecule has 0 amide bonds. The van der Waals surface area contributed by atoms with Crippen molar-refractivity contribution in [2.45, 2.75) is 65.2 Å². The minimum Gasteiger partial charge on any atom is -0.300 e. The van der Waals surface area contributed by atoms with Gasteiger partial charge in [0.05, 0.1) is 0 Å². The molecule has 0 saturated heterocycles. The smallest absolute Gasteiger partial charge is 0.139 e. The standard InChI is InChI=1S/C19H26O3/c1-18-7-5-11(20)9-15(18)16(21)10-12-13-3-4-17(22)19(13,2)8-6-14(12)18/h12-15H,3-10H2,1-2H3/t12-,13-,14-,15?,18+,19-/m0/s1. The van der Waals surface area contributed by atoms with Crippen LogP contribution >= 0.6 is 0 Å². The van der Waals surface area contributed by atoms with Crippen LogP contribution in [0.2, 0.25) is 0 Å². The van der Waals surface area contributed by atoms with Gasteiger partial charge in [0.15, 0.2) is 0 Å². The molecule has 0 spiro atoms. The van der Waals surface area contributed by atoms with Crippen molar-refractivity contribution in [2.24, 2.45) is 34.5 Å². The van der Waals surface area contributed by atoms with Gasteiger partial charge in [0.1, 0.15) is 17.3 Å². The third kappa shape index (κ3) is 1.71. The molecule has 22 heavy (non-hydrogen) atoms. The van der Waals surface area contributed by atoms with Crippen LogP contribution in [0, 0.1) is 34.5 Å². The number of carbonyl (C=O) groups is 3. The molecular weight excluding hydrogens is 276 g/mol. The molecule has 4 saturated carbocycles. The Labute approximate surface area is 132 Å². The summed E-state index contributed by atoms with van der Waals surface area (Å²) < 4.78 is 0. The highest BCUT2D eigenvalue weighted by Gasteiger charge is 2.62. The monoisotopic (exact) mass is 302 g/mol. The Balaban J connectivity index is 1.71. The number of carbonyl (C=O) groups excluding carboxylic acids is 3. The van der Waals surface area contributed by atoms with Crippen LogP contribution < -0.4 is 0 Å². The first kappa shape index (κ1) is 14.6. The summed E-state index contributed by atoms with van der Waals surface area (Å²) in [5, 5.41) is 0. The van der Waals surface area contributed by atoms with E-state index in [4.69, 9.17) is 0 Å². The van der Waals surface area contributed by atoms with Gasteiger partial charge in [-0.05, 0) is 48.9 Å². The zero-order valence-corrected chi connectivity index (χ0v) is 13.7. The summed E-state index contributed by atoms with van der Waals surface area (Å²) in [5.74, 6) is 2.27. The first-order valence-corrected chi connectivity index (χ1v) is 8.94. The van der Waals surface area contributed by atoms with E-state index >= 15 is 0 Å². The zero-order valence-electron chi connectivity index (χ0n) is 13.7. The molecule has 0 N–H and O–H groups in total. The van der Waals surface area contributed by atoms with Crippen LogP contribution in [0.4, 0.5) is 0 Å². The van der Waals surface area contributed by atoms with Crippen molar-refractivity contribution in [2.75, 3.05) is 0 Å². The Kier molecular flexibility index (Phi) is 3.00. The van der Waals surface area contributed by atoms with Crippen molar-refractivity contribution in [1.29, 1.82) is 0 Å². The molecule has 0 aromatic rings. The SMILES string of the molecule is C[C@]12CCC(=O)CC1C(=O)C[C@@H]1[C@@H]2CC[C@]2(C)C(=O)CC[C@@H]12. The Morgan fingerprint density at radius 2 is 1.68 bits per heavy atom. The van der Waals surface area contributed by atoms with E-state index in [9.17, 15) is 14.4 Å². The minimum absolute atomic E-state index is 0.000871. The third-order valence-corrected chi connectivity index (χ3v) is 7.99. The Morgan fingerprint density at radius 3 is 2.45 bits per heavy atom. The predicted molar refractivity (Wildman–Crippen MR) is 82.1 cm³/mol. The number of hydrogen-bond acceptors (Lipinski definition) is 3. The van der Waals surface area contributed by atoms with E-state index in [1.54, 1.807) is 0 Å². The molecule has 0 heterocycles. The van der Waals surface area contributed by atoms with E-state index in [0.717, 1.165) is 25.7 Å². The first-order chi connectivity index (χ1) is 10.4. The van der Waals surface area contributed by atoms with Crippen molar-refractivity contribution < 1.29 is 14.4 Å². The van der Waals surface area contributed by atoms with Crippen LogP contribution in [-0.2, 0) is 14.4 Å². The van der Waals surface area contributed by atoms with Crippen molar-refractivity contribution >= 4 is 17.3 Å². The molecule has 1 unspecified atom stereocenters. The molecule has 3 nitrogen and oxygen atoms in total. The van der Waals surface area contributed by atoms with Gasteiger partial charge in [-0.3, -0.25) is 14.4 Å². The lowest BCUT2D eigenvalue weighted by Gasteiger charge is -2.58. The Hall–Kier alpha value is -0.990. The average molecular weight is 302 g/mol. The summed E-state index contributed by atoms with van der Waals surface area (Å²) in [7, 11) is 0. The molecule has 4 rings (SSSR count). The highest BCUT2D eigenvalue weighted by Crippen LogP contribution is 2.64. The number of ketones is 3. The quantitative estimate of drug-likeness (QED) is 0.689. The van der Waals surface area contributed by atoms with Crippen LogP contribution in [0.3, 0.4) is 0 Å². The molecule has 0 aliphatic heterocycles. The van der Waals surface area contributed by atoms with Gasteiger partial charge in [-0.2, -0.15) is 0 Å². The lowest BCUT2D eigenvalue weighted by molar-refractivity contribution is -0.159.